The second kappa shape index (κ2) is 8.92. The third-order valence-electron chi connectivity index (χ3n) is 3.37. The van der Waals surface area contributed by atoms with Crippen LogP contribution in [0.5, 0.6) is 5.75 Å². The molecule has 5 nitrogen and oxygen atoms in total. The molecule has 0 bridgehead atoms. The molecule has 23 heavy (non-hydrogen) atoms. The number of primary amides is 1. The summed E-state index contributed by atoms with van der Waals surface area (Å²) in [5, 5.41) is 3.22. The number of hydrogen-bond acceptors (Lipinski definition) is 4. The first-order valence-electron chi connectivity index (χ1n) is 7.53. The molecule has 0 aliphatic heterocycles. The van der Waals surface area contributed by atoms with Crippen LogP contribution >= 0.6 is 0 Å². The molecule has 0 fully saturated rings. The van der Waals surface area contributed by atoms with E-state index in [1.807, 2.05) is 36.4 Å². The first kappa shape index (κ1) is 17.0. The van der Waals surface area contributed by atoms with Crippen molar-refractivity contribution in [3.05, 3.63) is 54.1 Å². The van der Waals surface area contributed by atoms with Crippen LogP contribution in [0.3, 0.4) is 0 Å². The summed E-state index contributed by atoms with van der Waals surface area (Å²) >= 11 is 0. The van der Waals surface area contributed by atoms with Crippen molar-refractivity contribution in [2.24, 2.45) is 5.73 Å². The van der Waals surface area contributed by atoms with Gasteiger partial charge >= 0.3 is 0 Å². The van der Waals surface area contributed by atoms with Crippen LogP contribution in [-0.4, -0.2) is 39.3 Å². The highest BCUT2D eigenvalue weighted by molar-refractivity contribution is 5.94. The number of carbonyl (C=O) groups is 1. The number of hydrogen-bond donors (Lipinski definition) is 2. The zero-order chi connectivity index (χ0) is 16.5. The van der Waals surface area contributed by atoms with Crippen LogP contribution < -0.4 is 15.8 Å². The number of rotatable bonds is 9. The zero-order valence-electron chi connectivity index (χ0n) is 13.2. The first-order valence-corrected chi connectivity index (χ1v) is 7.53. The summed E-state index contributed by atoms with van der Waals surface area (Å²) in [5.41, 5.74) is 7.78. The summed E-state index contributed by atoms with van der Waals surface area (Å²) in [5.74, 6) is 0.390. The first-order chi connectivity index (χ1) is 11.2. The van der Waals surface area contributed by atoms with E-state index in [0.717, 1.165) is 30.0 Å². The van der Waals surface area contributed by atoms with Gasteiger partial charge in [-0.25, -0.2) is 0 Å². The zero-order valence-corrected chi connectivity index (χ0v) is 13.2. The maximum absolute atomic E-state index is 11.2. The Bertz CT molecular complexity index is 626. The lowest BCUT2D eigenvalue weighted by Crippen LogP contribution is -2.24. The van der Waals surface area contributed by atoms with Crippen LogP contribution in [0.15, 0.2) is 48.5 Å². The van der Waals surface area contributed by atoms with Gasteiger partial charge in [-0.3, -0.25) is 4.79 Å². The van der Waals surface area contributed by atoms with Crippen molar-refractivity contribution in [1.29, 1.82) is 0 Å². The van der Waals surface area contributed by atoms with Crippen molar-refractivity contribution in [1.82, 2.24) is 5.32 Å². The van der Waals surface area contributed by atoms with Crippen molar-refractivity contribution >= 4 is 5.91 Å². The van der Waals surface area contributed by atoms with Gasteiger partial charge in [-0.05, 0) is 35.4 Å². The normalized spacial score (nSPS) is 10.5. The Labute approximate surface area is 136 Å². The van der Waals surface area contributed by atoms with Gasteiger partial charge in [0.05, 0.1) is 6.61 Å². The van der Waals surface area contributed by atoms with E-state index in [-0.39, 0.29) is 0 Å². The highest BCUT2D eigenvalue weighted by Gasteiger charge is 2.03. The molecule has 2 aromatic rings. The molecule has 122 valence electrons. The SMILES string of the molecule is COCCNCCOc1ccc(-c2cccc(C(N)=O)c2)cc1. The smallest absolute Gasteiger partial charge is 0.248 e. The summed E-state index contributed by atoms with van der Waals surface area (Å²) in [4.78, 5) is 11.2. The molecule has 0 saturated carbocycles. The lowest BCUT2D eigenvalue weighted by atomic mass is 10.0. The van der Waals surface area contributed by atoms with Crippen molar-refractivity contribution in [2.75, 3.05) is 33.4 Å². The minimum absolute atomic E-state index is 0.423. The molecule has 0 heterocycles. The maximum atomic E-state index is 11.2. The third-order valence-corrected chi connectivity index (χ3v) is 3.37. The van der Waals surface area contributed by atoms with Gasteiger partial charge in [0, 0.05) is 25.8 Å². The van der Waals surface area contributed by atoms with Crippen molar-refractivity contribution in [3.63, 3.8) is 0 Å². The molecule has 0 aromatic heterocycles. The number of methoxy groups -OCH3 is 1. The summed E-state index contributed by atoms with van der Waals surface area (Å²) in [6.07, 6.45) is 0. The molecular formula is C18H22N2O3. The fraction of sp³-hybridized carbons (Fsp3) is 0.278. The average molecular weight is 314 g/mol. The fourth-order valence-corrected chi connectivity index (χ4v) is 2.14. The highest BCUT2D eigenvalue weighted by Crippen LogP contribution is 2.23. The van der Waals surface area contributed by atoms with Gasteiger partial charge in [-0.2, -0.15) is 0 Å². The molecule has 0 radical (unpaired) electrons. The largest absolute Gasteiger partial charge is 0.492 e. The van der Waals surface area contributed by atoms with Crippen molar-refractivity contribution in [3.8, 4) is 16.9 Å². The summed E-state index contributed by atoms with van der Waals surface area (Å²) < 4.78 is 10.6. The van der Waals surface area contributed by atoms with Gasteiger partial charge < -0.3 is 20.5 Å². The summed E-state index contributed by atoms with van der Waals surface area (Å²) in [7, 11) is 1.68. The van der Waals surface area contributed by atoms with Gasteiger partial charge in [0.15, 0.2) is 0 Å². The number of benzene rings is 2. The molecule has 2 rings (SSSR count). The maximum Gasteiger partial charge on any atom is 0.248 e. The fourth-order valence-electron chi connectivity index (χ4n) is 2.14. The van der Waals surface area contributed by atoms with Gasteiger partial charge in [0.2, 0.25) is 5.91 Å². The number of nitrogens with one attached hydrogen (secondary N) is 1. The van der Waals surface area contributed by atoms with Gasteiger partial charge in [0.25, 0.3) is 0 Å². The Hall–Kier alpha value is -2.37. The quantitative estimate of drug-likeness (QED) is 0.695. The topological polar surface area (TPSA) is 73.6 Å². The van der Waals surface area contributed by atoms with E-state index >= 15 is 0 Å². The van der Waals surface area contributed by atoms with E-state index in [4.69, 9.17) is 15.2 Å². The lowest BCUT2D eigenvalue weighted by molar-refractivity contribution is 0.100. The van der Waals surface area contributed by atoms with E-state index in [1.165, 1.54) is 0 Å². The monoisotopic (exact) mass is 314 g/mol. The van der Waals surface area contributed by atoms with Crippen LogP contribution in [0, 0.1) is 0 Å². The molecule has 2 aromatic carbocycles. The second-order valence-electron chi connectivity index (χ2n) is 5.06. The minimum Gasteiger partial charge on any atom is -0.492 e. The van der Waals surface area contributed by atoms with Gasteiger partial charge in [-0.15, -0.1) is 0 Å². The molecule has 5 heteroatoms. The Kier molecular flexibility index (Phi) is 6.59. The van der Waals surface area contributed by atoms with E-state index < -0.39 is 5.91 Å². The summed E-state index contributed by atoms with van der Waals surface area (Å²) in [6, 6.07) is 15.0. The van der Waals surface area contributed by atoms with Crippen LogP contribution in [-0.2, 0) is 4.74 Å². The second-order valence-corrected chi connectivity index (χ2v) is 5.06. The van der Waals surface area contributed by atoms with E-state index in [9.17, 15) is 4.79 Å². The minimum atomic E-state index is -0.423. The standard InChI is InChI=1S/C18H22N2O3/c1-22-11-9-20-10-12-23-17-7-5-14(6-8-17)15-3-2-4-16(13-15)18(19)21/h2-8,13,20H,9-12H2,1H3,(H2,19,21). The van der Waals surface area contributed by atoms with Crippen molar-refractivity contribution < 1.29 is 14.3 Å². The molecule has 0 spiro atoms. The number of amides is 1. The molecule has 1 amide bonds. The molecule has 0 aliphatic carbocycles. The molecule has 3 N–H and O–H groups in total. The van der Waals surface area contributed by atoms with E-state index in [2.05, 4.69) is 5.32 Å². The van der Waals surface area contributed by atoms with Crippen LogP contribution in [0.25, 0.3) is 11.1 Å². The molecule has 0 saturated heterocycles. The number of carbonyl (C=O) groups excluding carboxylic acids is 1. The van der Waals surface area contributed by atoms with Crippen LogP contribution in [0.2, 0.25) is 0 Å². The van der Waals surface area contributed by atoms with E-state index in [1.54, 1.807) is 19.2 Å². The van der Waals surface area contributed by atoms with Gasteiger partial charge in [-0.1, -0.05) is 24.3 Å². The Morgan fingerprint density at radius 2 is 1.78 bits per heavy atom. The molecular weight excluding hydrogens is 292 g/mol. The highest BCUT2D eigenvalue weighted by atomic mass is 16.5. The predicted molar refractivity (Wildman–Crippen MR) is 90.6 cm³/mol. The van der Waals surface area contributed by atoms with E-state index in [0.29, 0.717) is 18.8 Å². The Balaban J connectivity index is 1.89. The van der Waals surface area contributed by atoms with Crippen molar-refractivity contribution in [2.45, 2.75) is 0 Å². The molecule has 0 aliphatic rings. The van der Waals surface area contributed by atoms with Crippen LogP contribution in [0.1, 0.15) is 10.4 Å². The van der Waals surface area contributed by atoms with Crippen LogP contribution in [0.4, 0.5) is 0 Å². The molecule has 0 atom stereocenters. The third kappa shape index (κ3) is 5.39. The Morgan fingerprint density at radius 1 is 1.04 bits per heavy atom. The number of ether oxygens (including phenoxy) is 2. The van der Waals surface area contributed by atoms with Gasteiger partial charge in [0.1, 0.15) is 12.4 Å². The number of nitrogens with two attached hydrogens (primary N) is 1. The molecule has 0 unspecified atom stereocenters. The summed E-state index contributed by atoms with van der Waals surface area (Å²) in [6.45, 7) is 2.88. The Morgan fingerprint density at radius 3 is 2.48 bits per heavy atom. The predicted octanol–water partition coefficient (Wildman–Crippen LogP) is 2.07. The lowest BCUT2D eigenvalue weighted by Gasteiger charge is -2.09. The average Bonchev–Trinajstić information content (AvgIpc) is 2.58.